The van der Waals surface area contributed by atoms with Gasteiger partial charge in [0.15, 0.2) is 0 Å². The van der Waals surface area contributed by atoms with Crippen LogP contribution in [0.1, 0.15) is 23.8 Å². The number of esters is 1. The SMILES string of the molecule is C=C1CC(c2ccccc2-c2ccc(C)nc2)OC1=O. The first kappa shape index (κ1) is 12.6. The predicted octanol–water partition coefficient (Wildman–Crippen LogP) is 3.60. The van der Waals surface area contributed by atoms with Crippen molar-refractivity contribution in [1.29, 1.82) is 0 Å². The molecule has 1 aliphatic heterocycles. The van der Waals surface area contributed by atoms with Crippen molar-refractivity contribution in [3.8, 4) is 11.1 Å². The van der Waals surface area contributed by atoms with Crippen LogP contribution in [-0.4, -0.2) is 11.0 Å². The van der Waals surface area contributed by atoms with Gasteiger partial charge in [0.05, 0.1) is 0 Å². The molecule has 1 aliphatic rings. The number of nitrogens with zero attached hydrogens (tertiary/aromatic N) is 1. The number of carbonyl (C=O) groups is 1. The van der Waals surface area contributed by atoms with Gasteiger partial charge in [-0.05, 0) is 18.6 Å². The van der Waals surface area contributed by atoms with Crippen LogP contribution in [0.4, 0.5) is 0 Å². The Morgan fingerprint density at radius 3 is 2.70 bits per heavy atom. The summed E-state index contributed by atoms with van der Waals surface area (Å²) in [6.07, 6.45) is 2.15. The number of aromatic nitrogens is 1. The van der Waals surface area contributed by atoms with Gasteiger partial charge in [0.25, 0.3) is 0 Å². The molecule has 0 saturated carbocycles. The van der Waals surface area contributed by atoms with Crippen molar-refractivity contribution in [3.05, 3.63) is 66.0 Å². The summed E-state index contributed by atoms with van der Waals surface area (Å²) in [5.74, 6) is -0.299. The van der Waals surface area contributed by atoms with Crippen LogP contribution >= 0.6 is 0 Å². The Morgan fingerprint density at radius 1 is 1.25 bits per heavy atom. The summed E-state index contributed by atoms with van der Waals surface area (Å²) in [6.45, 7) is 5.69. The van der Waals surface area contributed by atoms with E-state index in [1.54, 1.807) is 0 Å². The zero-order valence-electron chi connectivity index (χ0n) is 11.3. The predicted molar refractivity (Wildman–Crippen MR) is 77.0 cm³/mol. The van der Waals surface area contributed by atoms with E-state index in [2.05, 4.69) is 11.6 Å². The smallest absolute Gasteiger partial charge is 0.334 e. The summed E-state index contributed by atoms with van der Waals surface area (Å²) in [5, 5.41) is 0. The number of hydrogen-bond acceptors (Lipinski definition) is 3. The second-order valence-electron chi connectivity index (χ2n) is 4.98. The molecule has 0 N–H and O–H groups in total. The first-order chi connectivity index (χ1) is 9.65. The summed E-state index contributed by atoms with van der Waals surface area (Å²) < 4.78 is 5.39. The summed E-state index contributed by atoms with van der Waals surface area (Å²) >= 11 is 0. The Labute approximate surface area is 117 Å². The van der Waals surface area contributed by atoms with Crippen LogP contribution in [0.2, 0.25) is 0 Å². The van der Waals surface area contributed by atoms with E-state index in [1.165, 1.54) is 0 Å². The van der Waals surface area contributed by atoms with Crippen LogP contribution in [-0.2, 0) is 9.53 Å². The molecule has 2 aromatic rings. The van der Waals surface area contributed by atoms with Gasteiger partial charge in [0.1, 0.15) is 6.10 Å². The highest BCUT2D eigenvalue weighted by atomic mass is 16.5. The third kappa shape index (κ3) is 2.23. The second-order valence-corrected chi connectivity index (χ2v) is 4.98. The van der Waals surface area contributed by atoms with Crippen LogP contribution in [0.3, 0.4) is 0 Å². The number of cyclic esters (lactones) is 1. The lowest BCUT2D eigenvalue weighted by Crippen LogP contribution is -2.01. The van der Waals surface area contributed by atoms with Crippen LogP contribution < -0.4 is 0 Å². The van der Waals surface area contributed by atoms with Gasteiger partial charge in [-0.15, -0.1) is 0 Å². The number of benzene rings is 1. The van der Waals surface area contributed by atoms with Crippen molar-refractivity contribution in [1.82, 2.24) is 4.98 Å². The maximum Gasteiger partial charge on any atom is 0.334 e. The summed E-state index contributed by atoms with van der Waals surface area (Å²) in [6, 6.07) is 12.0. The molecule has 20 heavy (non-hydrogen) atoms. The van der Waals surface area contributed by atoms with E-state index < -0.39 is 0 Å². The van der Waals surface area contributed by atoms with E-state index in [1.807, 2.05) is 49.5 Å². The van der Waals surface area contributed by atoms with Gasteiger partial charge in [-0.2, -0.15) is 0 Å². The number of ether oxygens (including phenoxy) is 1. The normalized spacial score (nSPS) is 18.1. The summed E-state index contributed by atoms with van der Waals surface area (Å²) in [4.78, 5) is 15.8. The van der Waals surface area contributed by atoms with E-state index in [0.29, 0.717) is 12.0 Å². The van der Waals surface area contributed by atoms with Crippen LogP contribution in [0, 0.1) is 6.92 Å². The van der Waals surface area contributed by atoms with Gasteiger partial charge in [-0.25, -0.2) is 4.79 Å². The third-order valence-electron chi connectivity index (χ3n) is 3.50. The largest absolute Gasteiger partial charge is 0.454 e. The van der Waals surface area contributed by atoms with Gasteiger partial charge >= 0.3 is 5.97 Å². The Hall–Kier alpha value is -2.42. The fraction of sp³-hybridized carbons (Fsp3) is 0.176. The zero-order chi connectivity index (χ0) is 14.1. The number of pyridine rings is 1. The maximum atomic E-state index is 11.5. The lowest BCUT2D eigenvalue weighted by Gasteiger charge is -2.14. The molecule has 100 valence electrons. The first-order valence-electron chi connectivity index (χ1n) is 6.56. The quantitative estimate of drug-likeness (QED) is 0.615. The summed E-state index contributed by atoms with van der Waals surface area (Å²) in [5.41, 5.74) is 4.59. The molecule has 0 spiro atoms. The monoisotopic (exact) mass is 265 g/mol. The molecule has 1 aromatic heterocycles. The van der Waals surface area contributed by atoms with Gasteiger partial charge in [-0.1, -0.05) is 36.9 Å². The molecular formula is C17H15NO2. The van der Waals surface area contributed by atoms with Crippen molar-refractivity contribution in [2.75, 3.05) is 0 Å². The van der Waals surface area contributed by atoms with E-state index in [0.717, 1.165) is 22.4 Å². The Bertz CT molecular complexity index is 658. The highest BCUT2D eigenvalue weighted by molar-refractivity contribution is 5.90. The van der Waals surface area contributed by atoms with Gasteiger partial charge < -0.3 is 4.74 Å². The molecule has 0 bridgehead atoms. The van der Waals surface area contributed by atoms with E-state index in [-0.39, 0.29) is 12.1 Å². The topological polar surface area (TPSA) is 39.2 Å². The highest BCUT2D eigenvalue weighted by Gasteiger charge is 2.30. The van der Waals surface area contributed by atoms with Gasteiger partial charge in [-0.3, -0.25) is 4.98 Å². The number of hydrogen-bond donors (Lipinski definition) is 0. The molecule has 1 atom stereocenters. The van der Waals surface area contributed by atoms with Gasteiger partial charge in [0, 0.05) is 35.0 Å². The maximum absolute atomic E-state index is 11.5. The highest BCUT2D eigenvalue weighted by Crippen LogP contribution is 2.37. The molecule has 0 aliphatic carbocycles. The standard InChI is InChI=1S/C17H15NO2/c1-11-9-16(20-17(11)19)15-6-4-3-5-14(15)13-8-7-12(2)18-10-13/h3-8,10,16H,1,9H2,2H3. The zero-order valence-corrected chi connectivity index (χ0v) is 11.3. The average Bonchev–Trinajstić information content (AvgIpc) is 2.79. The Morgan fingerprint density at radius 2 is 2.05 bits per heavy atom. The fourth-order valence-corrected chi connectivity index (χ4v) is 2.40. The summed E-state index contributed by atoms with van der Waals surface area (Å²) in [7, 11) is 0. The van der Waals surface area contributed by atoms with Crippen molar-refractivity contribution < 1.29 is 9.53 Å². The van der Waals surface area contributed by atoms with Crippen LogP contribution in [0.5, 0.6) is 0 Å². The third-order valence-corrected chi connectivity index (χ3v) is 3.50. The van der Waals surface area contributed by atoms with Crippen LogP contribution in [0.25, 0.3) is 11.1 Å². The van der Waals surface area contributed by atoms with Crippen molar-refractivity contribution >= 4 is 5.97 Å². The molecule has 1 aromatic carbocycles. The molecular weight excluding hydrogens is 250 g/mol. The minimum absolute atomic E-state index is 0.243. The fourth-order valence-electron chi connectivity index (χ4n) is 2.40. The molecule has 3 heteroatoms. The lowest BCUT2D eigenvalue weighted by atomic mass is 9.95. The molecule has 1 saturated heterocycles. The van der Waals surface area contributed by atoms with Gasteiger partial charge in [0.2, 0.25) is 0 Å². The molecule has 1 fully saturated rings. The molecule has 3 rings (SSSR count). The van der Waals surface area contributed by atoms with E-state index in [4.69, 9.17) is 4.74 Å². The Balaban J connectivity index is 2.03. The molecule has 0 radical (unpaired) electrons. The second kappa shape index (κ2) is 4.93. The van der Waals surface area contributed by atoms with E-state index in [9.17, 15) is 4.79 Å². The van der Waals surface area contributed by atoms with Crippen molar-refractivity contribution in [2.45, 2.75) is 19.4 Å². The minimum atomic E-state index is -0.299. The number of aryl methyl sites for hydroxylation is 1. The first-order valence-corrected chi connectivity index (χ1v) is 6.56. The number of rotatable bonds is 2. The molecule has 1 unspecified atom stereocenters. The van der Waals surface area contributed by atoms with Crippen molar-refractivity contribution in [3.63, 3.8) is 0 Å². The molecule has 0 amide bonds. The van der Waals surface area contributed by atoms with Crippen molar-refractivity contribution in [2.24, 2.45) is 0 Å². The minimum Gasteiger partial charge on any atom is -0.454 e. The van der Waals surface area contributed by atoms with Crippen LogP contribution in [0.15, 0.2) is 54.7 Å². The average molecular weight is 265 g/mol. The number of carbonyl (C=O) groups excluding carboxylic acids is 1. The Kier molecular flexibility index (Phi) is 3.11. The molecule has 3 nitrogen and oxygen atoms in total. The van der Waals surface area contributed by atoms with E-state index >= 15 is 0 Å². The molecule has 2 heterocycles. The lowest BCUT2D eigenvalue weighted by molar-refractivity contribution is -0.139.